The minimum absolute atomic E-state index is 0.774. The zero-order valence-electron chi connectivity index (χ0n) is 10.9. The SMILES string of the molecule is COc1cnc(C)cc1NCCc1nc(C)cs1. The Hall–Kier alpha value is -1.62. The van der Waals surface area contributed by atoms with Gasteiger partial charge in [0.2, 0.25) is 0 Å². The Morgan fingerprint density at radius 1 is 1.33 bits per heavy atom. The van der Waals surface area contributed by atoms with E-state index in [1.165, 1.54) is 0 Å². The van der Waals surface area contributed by atoms with Crippen LogP contribution in [0, 0.1) is 13.8 Å². The van der Waals surface area contributed by atoms with Crippen LogP contribution in [0.4, 0.5) is 5.69 Å². The van der Waals surface area contributed by atoms with Gasteiger partial charge in [-0.15, -0.1) is 11.3 Å². The van der Waals surface area contributed by atoms with Gasteiger partial charge in [0.05, 0.1) is 24.0 Å². The molecule has 2 heterocycles. The summed E-state index contributed by atoms with van der Waals surface area (Å²) in [5.74, 6) is 0.774. The maximum atomic E-state index is 5.27. The van der Waals surface area contributed by atoms with Crippen LogP contribution in [0.15, 0.2) is 17.6 Å². The molecule has 0 saturated heterocycles. The molecule has 0 unspecified atom stereocenters. The Bertz CT molecular complexity index is 525. The molecule has 0 radical (unpaired) electrons. The zero-order chi connectivity index (χ0) is 13.0. The summed E-state index contributed by atoms with van der Waals surface area (Å²) in [4.78, 5) is 8.64. The van der Waals surface area contributed by atoms with Crippen LogP contribution in [-0.4, -0.2) is 23.6 Å². The largest absolute Gasteiger partial charge is 0.493 e. The van der Waals surface area contributed by atoms with Crippen molar-refractivity contribution in [2.45, 2.75) is 20.3 Å². The van der Waals surface area contributed by atoms with Crippen LogP contribution in [0.5, 0.6) is 5.75 Å². The second-order valence-electron chi connectivity index (χ2n) is 4.09. The average Bonchev–Trinajstić information content (AvgIpc) is 2.75. The van der Waals surface area contributed by atoms with Gasteiger partial charge in [-0.05, 0) is 19.9 Å². The van der Waals surface area contributed by atoms with Crippen molar-refractivity contribution in [3.63, 3.8) is 0 Å². The van der Waals surface area contributed by atoms with Gasteiger partial charge in [-0.2, -0.15) is 0 Å². The molecule has 18 heavy (non-hydrogen) atoms. The normalized spacial score (nSPS) is 10.4. The van der Waals surface area contributed by atoms with Crippen molar-refractivity contribution in [3.05, 3.63) is 34.0 Å². The summed E-state index contributed by atoms with van der Waals surface area (Å²) < 4.78 is 5.27. The topological polar surface area (TPSA) is 47.0 Å². The molecule has 0 bridgehead atoms. The van der Waals surface area contributed by atoms with E-state index in [0.717, 1.165) is 40.8 Å². The van der Waals surface area contributed by atoms with Crippen LogP contribution in [0.3, 0.4) is 0 Å². The van der Waals surface area contributed by atoms with Crippen LogP contribution < -0.4 is 10.1 Å². The van der Waals surface area contributed by atoms with Crippen molar-refractivity contribution in [2.75, 3.05) is 19.0 Å². The minimum Gasteiger partial charge on any atom is -0.493 e. The average molecular weight is 263 g/mol. The second kappa shape index (κ2) is 5.82. The van der Waals surface area contributed by atoms with Crippen molar-refractivity contribution in [1.82, 2.24) is 9.97 Å². The standard InChI is InChI=1S/C13H17N3OS/c1-9-6-11(12(17-3)7-15-9)14-5-4-13-16-10(2)8-18-13/h6-8H,4-5H2,1-3H3,(H,14,15). The van der Waals surface area contributed by atoms with E-state index in [2.05, 4.69) is 20.7 Å². The van der Waals surface area contributed by atoms with Crippen LogP contribution in [0.25, 0.3) is 0 Å². The van der Waals surface area contributed by atoms with Gasteiger partial charge in [0.15, 0.2) is 5.75 Å². The van der Waals surface area contributed by atoms with Gasteiger partial charge in [0, 0.05) is 29.7 Å². The summed E-state index contributed by atoms with van der Waals surface area (Å²) in [5, 5.41) is 6.60. The number of anilines is 1. The van der Waals surface area contributed by atoms with Gasteiger partial charge >= 0.3 is 0 Å². The minimum atomic E-state index is 0.774. The summed E-state index contributed by atoms with van der Waals surface area (Å²) in [6.45, 7) is 4.82. The molecule has 0 aliphatic heterocycles. The molecule has 2 aromatic rings. The van der Waals surface area contributed by atoms with E-state index in [1.54, 1.807) is 24.6 Å². The number of aryl methyl sites for hydroxylation is 2. The molecular formula is C13H17N3OS. The molecule has 96 valence electrons. The smallest absolute Gasteiger partial charge is 0.160 e. The molecule has 0 spiro atoms. The van der Waals surface area contributed by atoms with Gasteiger partial charge in [-0.1, -0.05) is 0 Å². The highest BCUT2D eigenvalue weighted by Gasteiger charge is 2.04. The lowest BCUT2D eigenvalue weighted by molar-refractivity contribution is 0.414. The third kappa shape index (κ3) is 3.20. The van der Waals surface area contributed by atoms with Gasteiger partial charge in [-0.3, -0.25) is 4.98 Å². The lowest BCUT2D eigenvalue weighted by Gasteiger charge is -2.10. The molecule has 0 fully saturated rings. The summed E-state index contributed by atoms with van der Waals surface area (Å²) in [6, 6.07) is 1.99. The number of methoxy groups -OCH3 is 1. The molecule has 5 heteroatoms. The maximum absolute atomic E-state index is 5.27. The Morgan fingerprint density at radius 3 is 2.83 bits per heavy atom. The monoisotopic (exact) mass is 263 g/mol. The van der Waals surface area contributed by atoms with Crippen LogP contribution in [-0.2, 0) is 6.42 Å². The van der Waals surface area contributed by atoms with Gasteiger partial charge in [0.1, 0.15) is 0 Å². The molecule has 4 nitrogen and oxygen atoms in total. The fourth-order valence-electron chi connectivity index (χ4n) is 1.67. The number of ether oxygens (including phenoxy) is 1. The summed E-state index contributed by atoms with van der Waals surface area (Å²) >= 11 is 1.70. The Kier molecular flexibility index (Phi) is 4.15. The lowest BCUT2D eigenvalue weighted by Crippen LogP contribution is -2.06. The first-order valence-electron chi connectivity index (χ1n) is 5.84. The first-order chi connectivity index (χ1) is 8.69. The van der Waals surface area contributed by atoms with Crippen molar-refractivity contribution >= 4 is 17.0 Å². The Morgan fingerprint density at radius 2 is 2.17 bits per heavy atom. The number of hydrogen-bond donors (Lipinski definition) is 1. The van der Waals surface area contributed by atoms with E-state index in [0.29, 0.717) is 0 Å². The molecule has 0 saturated carbocycles. The third-order valence-electron chi connectivity index (χ3n) is 2.54. The first kappa shape index (κ1) is 12.8. The number of nitrogens with one attached hydrogen (secondary N) is 1. The number of nitrogens with zero attached hydrogens (tertiary/aromatic N) is 2. The molecular weight excluding hydrogens is 246 g/mol. The molecule has 2 aromatic heterocycles. The molecule has 0 atom stereocenters. The van der Waals surface area contributed by atoms with Crippen LogP contribution in [0.1, 0.15) is 16.4 Å². The van der Waals surface area contributed by atoms with E-state index in [9.17, 15) is 0 Å². The molecule has 1 N–H and O–H groups in total. The van der Waals surface area contributed by atoms with Gasteiger partial charge in [-0.25, -0.2) is 4.98 Å². The van der Waals surface area contributed by atoms with Crippen molar-refractivity contribution in [3.8, 4) is 5.75 Å². The highest BCUT2D eigenvalue weighted by Crippen LogP contribution is 2.23. The zero-order valence-corrected chi connectivity index (χ0v) is 11.7. The number of thiazole rings is 1. The second-order valence-corrected chi connectivity index (χ2v) is 5.03. The van der Waals surface area contributed by atoms with Gasteiger partial charge < -0.3 is 10.1 Å². The Balaban J connectivity index is 1.95. The van der Waals surface area contributed by atoms with E-state index in [-0.39, 0.29) is 0 Å². The number of rotatable bonds is 5. The highest BCUT2D eigenvalue weighted by atomic mass is 32.1. The molecule has 0 aliphatic carbocycles. The number of pyridine rings is 1. The van der Waals surface area contributed by atoms with E-state index < -0.39 is 0 Å². The summed E-state index contributed by atoms with van der Waals surface area (Å²) in [5.41, 5.74) is 3.05. The fourth-order valence-corrected chi connectivity index (χ4v) is 2.45. The van der Waals surface area contributed by atoms with Crippen LogP contribution in [0.2, 0.25) is 0 Å². The van der Waals surface area contributed by atoms with E-state index >= 15 is 0 Å². The number of aromatic nitrogens is 2. The molecule has 2 rings (SSSR count). The van der Waals surface area contributed by atoms with E-state index in [4.69, 9.17) is 4.74 Å². The summed E-state index contributed by atoms with van der Waals surface area (Å²) in [6.07, 6.45) is 2.66. The van der Waals surface area contributed by atoms with Gasteiger partial charge in [0.25, 0.3) is 0 Å². The fraction of sp³-hybridized carbons (Fsp3) is 0.385. The van der Waals surface area contributed by atoms with Crippen LogP contribution >= 0.6 is 11.3 Å². The van der Waals surface area contributed by atoms with Crippen molar-refractivity contribution in [2.24, 2.45) is 0 Å². The predicted octanol–water partition coefficient (Wildman–Crippen LogP) is 2.82. The molecule has 0 amide bonds. The predicted molar refractivity (Wildman–Crippen MR) is 74.6 cm³/mol. The maximum Gasteiger partial charge on any atom is 0.160 e. The third-order valence-corrected chi connectivity index (χ3v) is 3.57. The van der Waals surface area contributed by atoms with Crippen molar-refractivity contribution < 1.29 is 4.74 Å². The lowest BCUT2D eigenvalue weighted by atomic mass is 10.3. The molecule has 0 aliphatic rings. The quantitative estimate of drug-likeness (QED) is 0.901. The van der Waals surface area contributed by atoms with E-state index in [1.807, 2.05) is 19.9 Å². The molecule has 0 aromatic carbocycles. The number of hydrogen-bond acceptors (Lipinski definition) is 5. The first-order valence-corrected chi connectivity index (χ1v) is 6.72. The highest BCUT2D eigenvalue weighted by molar-refractivity contribution is 7.09. The Labute approximate surface area is 111 Å². The van der Waals surface area contributed by atoms with Crippen molar-refractivity contribution in [1.29, 1.82) is 0 Å². The summed E-state index contributed by atoms with van der Waals surface area (Å²) in [7, 11) is 1.65.